The Morgan fingerprint density at radius 3 is 2.83 bits per heavy atom. The number of furan rings is 1. The first-order chi connectivity index (χ1) is 5.79. The number of hydrogen-bond acceptors (Lipinski definition) is 5. The molecule has 2 rings (SSSR count). The molecule has 0 saturated heterocycles. The van der Waals surface area contributed by atoms with Crippen LogP contribution in [0.25, 0.3) is 11.5 Å². The van der Waals surface area contributed by atoms with Crippen molar-refractivity contribution in [1.82, 2.24) is 8.75 Å². The van der Waals surface area contributed by atoms with Crippen LogP contribution in [-0.2, 0) is 0 Å². The quantitative estimate of drug-likeness (QED) is 0.837. The summed E-state index contributed by atoms with van der Waals surface area (Å²) in [4.78, 5) is 0. The smallest absolute Gasteiger partial charge is 0.171 e. The summed E-state index contributed by atoms with van der Waals surface area (Å²) < 4.78 is 13.8. The van der Waals surface area contributed by atoms with E-state index in [1.165, 1.54) is 0 Å². The van der Waals surface area contributed by atoms with E-state index in [4.69, 9.17) is 10.2 Å². The van der Waals surface area contributed by atoms with E-state index in [0.717, 1.165) is 16.2 Å². The second-order valence-corrected chi connectivity index (χ2v) is 3.48. The van der Waals surface area contributed by atoms with Crippen molar-refractivity contribution in [2.75, 3.05) is 5.73 Å². The molecule has 0 saturated carbocycles. The minimum absolute atomic E-state index is 0.399. The molecule has 0 fully saturated rings. The first-order valence-corrected chi connectivity index (χ1v) is 4.63. The molecule has 12 heavy (non-hydrogen) atoms. The molecule has 0 unspecified atom stereocenters. The molecular weight excluding hydrogens is 242 g/mol. The second kappa shape index (κ2) is 2.87. The largest absolute Gasteiger partial charge is 0.461 e. The van der Waals surface area contributed by atoms with Gasteiger partial charge in [0, 0.05) is 0 Å². The van der Waals surface area contributed by atoms with E-state index < -0.39 is 0 Å². The molecule has 2 N–H and O–H groups in total. The normalized spacial score (nSPS) is 10.4. The number of nitrogens with two attached hydrogens (primary N) is 1. The highest BCUT2D eigenvalue weighted by atomic mass is 79.9. The van der Waals surface area contributed by atoms with Gasteiger partial charge in [0.15, 0.2) is 17.3 Å². The van der Waals surface area contributed by atoms with E-state index in [0.29, 0.717) is 17.3 Å². The predicted octanol–water partition coefficient (Wildman–Crippen LogP) is 2.14. The number of nitrogens with zero attached hydrogens (tertiary/aromatic N) is 2. The van der Waals surface area contributed by atoms with Crippen molar-refractivity contribution in [1.29, 1.82) is 0 Å². The summed E-state index contributed by atoms with van der Waals surface area (Å²) in [7, 11) is 0. The summed E-state index contributed by atoms with van der Waals surface area (Å²) in [5.74, 6) is 1.02. The van der Waals surface area contributed by atoms with Gasteiger partial charge >= 0.3 is 0 Å². The molecule has 0 atom stereocenters. The first kappa shape index (κ1) is 7.75. The highest BCUT2D eigenvalue weighted by Crippen LogP contribution is 2.31. The zero-order valence-electron chi connectivity index (χ0n) is 5.82. The summed E-state index contributed by atoms with van der Waals surface area (Å²) in [6, 6.07) is 1.79. The van der Waals surface area contributed by atoms with Gasteiger partial charge in [-0.1, -0.05) is 0 Å². The molecule has 0 aromatic carbocycles. The molecule has 0 amide bonds. The third kappa shape index (κ3) is 1.12. The van der Waals surface area contributed by atoms with Crippen LogP contribution in [0.2, 0.25) is 0 Å². The molecule has 4 nitrogen and oxygen atoms in total. The highest BCUT2D eigenvalue weighted by Gasteiger charge is 2.13. The molecule has 0 aliphatic carbocycles. The van der Waals surface area contributed by atoms with E-state index in [9.17, 15) is 0 Å². The van der Waals surface area contributed by atoms with Crippen LogP contribution in [0, 0.1) is 0 Å². The minimum Gasteiger partial charge on any atom is -0.461 e. The molecule has 0 spiro atoms. The zero-order valence-corrected chi connectivity index (χ0v) is 8.22. The topological polar surface area (TPSA) is 64.9 Å². The van der Waals surface area contributed by atoms with Gasteiger partial charge in [-0.05, 0) is 22.0 Å². The van der Waals surface area contributed by atoms with E-state index in [2.05, 4.69) is 24.7 Å². The molecule has 0 bridgehead atoms. The van der Waals surface area contributed by atoms with E-state index in [-0.39, 0.29) is 0 Å². The van der Waals surface area contributed by atoms with Gasteiger partial charge in [-0.2, -0.15) is 8.75 Å². The summed E-state index contributed by atoms with van der Waals surface area (Å²) in [6.07, 6.45) is 1.57. The Balaban J connectivity index is 2.57. The highest BCUT2D eigenvalue weighted by molar-refractivity contribution is 9.10. The Morgan fingerprint density at radius 2 is 2.33 bits per heavy atom. The van der Waals surface area contributed by atoms with Gasteiger partial charge in [-0.25, -0.2) is 0 Å². The Labute approximate surface area is 80.9 Å². The Bertz CT molecular complexity index is 359. The molecule has 2 aromatic heterocycles. The molecule has 2 aromatic rings. The van der Waals surface area contributed by atoms with Gasteiger partial charge < -0.3 is 10.2 Å². The van der Waals surface area contributed by atoms with Gasteiger partial charge in [-0.3, -0.25) is 0 Å². The number of halogens is 1. The molecule has 0 aliphatic heterocycles. The Morgan fingerprint density at radius 1 is 1.50 bits per heavy atom. The van der Waals surface area contributed by atoms with Gasteiger partial charge in [-0.15, -0.1) is 0 Å². The fourth-order valence-electron chi connectivity index (χ4n) is 0.816. The van der Waals surface area contributed by atoms with E-state index >= 15 is 0 Å². The number of aromatic nitrogens is 2. The lowest BCUT2D eigenvalue weighted by Gasteiger charge is -1.90. The maximum Gasteiger partial charge on any atom is 0.171 e. The monoisotopic (exact) mass is 245 g/mol. The maximum absolute atomic E-state index is 5.56. The molecule has 0 radical (unpaired) electrons. The van der Waals surface area contributed by atoms with Crippen LogP contribution in [0.5, 0.6) is 0 Å². The lowest BCUT2D eigenvalue weighted by molar-refractivity contribution is 0.580. The average Bonchev–Trinajstić information content (AvgIpc) is 2.59. The summed E-state index contributed by atoms with van der Waals surface area (Å²) in [6.45, 7) is 0. The molecule has 6 heteroatoms. The fourth-order valence-corrected chi connectivity index (χ4v) is 1.68. The third-order valence-corrected chi connectivity index (χ3v) is 2.51. The number of rotatable bonds is 1. The van der Waals surface area contributed by atoms with Gasteiger partial charge in [0.05, 0.1) is 22.5 Å². The first-order valence-electron chi connectivity index (χ1n) is 3.10. The molecule has 62 valence electrons. The van der Waals surface area contributed by atoms with E-state index in [1.54, 1.807) is 12.3 Å². The van der Waals surface area contributed by atoms with Crippen LogP contribution in [0.1, 0.15) is 0 Å². The van der Waals surface area contributed by atoms with Crippen molar-refractivity contribution in [2.45, 2.75) is 0 Å². The summed E-state index contributed by atoms with van der Waals surface area (Å²) in [5, 5.41) is 0. The molecule has 0 aliphatic rings. The third-order valence-electron chi connectivity index (χ3n) is 1.35. The van der Waals surface area contributed by atoms with Crippen LogP contribution in [-0.4, -0.2) is 8.75 Å². The number of anilines is 1. The van der Waals surface area contributed by atoms with Crippen molar-refractivity contribution in [3.63, 3.8) is 0 Å². The van der Waals surface area contributed by atoms with Crippen LogP contribution in [0.3, 0.4) is 0 Å². The fraction of sp³-hybridized carbons (Fsp3) is 0. The van der Waals surface area contributed by atoms with Crippen molar-refractivity contribution in [2.24, 2.45) is 0 Å². The molecular formula is C6H4BrN3OS. The zero-order chi connectivity index (χ0) is 8.55. The summed E-state index contributed by atoms with van der Waals surface area (Å²) >= 11 is 4.38. The lowest BCUT2D eigenvalue weighted by Crippen LogP contribution is -1.87. The maximum atomic E-state index is 5.56. The van der Waals surface area contributed by atoms with Crippen molar-refractivity contribution in [3.05, 3.63) is 16.8 Å². The van der Waals surface area contributed by atoms with Crippen LogP contribution in [0.4, 0.5) is 5.82 Å². The predicted molar refractivity (Wildman–Crippen MR) is 49.7 cm³/mol. The average molecular weight is 246 g/mol. The van der Waals surface area contributed by atoms with Crippen molar-refractivity contribution in [3.8, 4) is 11.5 Å². The summed E-state index contributed by atoms with van der Waals surface area (Å²) in [5.41, 5.74) is 6.15. The van der Waals surface area contributed by atoms with Gasteiger partial charge in [0.2, 0.25) is 0 Å². The van der Waals surface area contributed by atoms with Crippen LogP contribution < -0.4 is 5.73 Å². The van der Waals surface area contributed by atoms with Crippen molar-refractivity contribution >= 4 is 33.5 Å². The molecule has 2 heterocycles. The van der Waals surface area contributed by atoms with Crippen LogP contribution >= 0.6 is 27.7 Å². The van der Waals surface area contributed by atoms with E-state index in [1.807, 2.05) is 0 Å². The SMILES string of the molecule is Nc1nsnc1-c1occc1Br. The van der Waals surface area contributed by atoms with Crippen LogP contribution in [0.15, 0.2) is 21.2 Å². The van der Waals surface area contributed by atoms with Crippen molar-refractivity contribution < 1.29 is 4.42 Å². The number of nitrogen functional groups attached to an aromatic ring is 1. The van der Waals surface area contributed by atoms with Gasteiger partial charge in [0.25, 0.3) is 0 Å². The van der Waals surface area contributed by atoms with Gasteiger partial charge in [0.1, 0.15) is 0 Å². The minimum atomic E-state index is 0.399. The number of hydrogen-bond donors (Lipinski definition) is 1. The second-order valence-electron chi connectivity index (χ2n) is 2.10. The Kier molecular flexibility index (Phi) is 1.86. The Hall–Kier alpha value is -0.880. The lowest BCUT2D eigenvalue weighted by atomic mass is 10.3. The standard InChI is InChI=1S/C6H4BrN3OS/c7-3-1-2-11-5(3)4-6(8)10-12-9-4/h1-2H,(H2,8,10).